The number of carboxylic acids is 2. The predicted molar refractivity (Wildman–Crippen MR) is 307 cm³/mol. The number of carboxylic acid groups (broad SMARTS) is 2. The average Bonchev–Trinajstić information content (AvgIpc) is 3.17. The van der Waals surface area contributed by atoms with E-state index in [1.165, 1.54) is 26.0 Å². The van der Waals surface area contributed by atoms with Crippen molar-refractivity contribution >= 4 is 65.6 Å². The van der Waals surface area contributed by atoms with Crippen molar-refractivity contribution in [2.45, 2.75) is 96.4 Å². The van der Waals surface area contributed by atoms with Gasteiger partial charge in [0.05, 0.1) is 11.1 Å². The first-order chi connectivity index (χ1) is 39.1. The van der Waals surface area contributed by atoms with Crippen molar-refractivity contribution in [1.29, 1.82) is 0 Å². The molecule has 0 bridgehead atoms. The summed E-state index contributed by atoms with van der Waals surface area (Å²) in [6.07, 6.45) is 1.80. The molecule has 86 heavy (non-hydrogen) atoms. The molecule has 0 aliphatic heterocycles. The number of nitrogens with zero attached hydrogens (tertiary/aromatic N) is 3. The Labute approximate surface area is 519 Å². The molecule has 0 spiro atoms. The molecule has 0 aliphatic carbocycles. The molecule has 0 radical (unpaired) electrons. The van der Waals surface area contributed by atoms with Crippen molar-refractivity contribution in [3.8, 4) is 17.1 Å². The third kappa shape index (κ3) is 29.9. The maximum absolute atomic E-state index is 11.6. The van der Waals surface area contributed by atoms with E-state index in [0.29, 0.717) is 35.2 Å². The topological polar surface area (TPSA) is 426 Å². The zero-order valence-corrected chi connectivity index (χ0v) is 51.0. The Morgan fingerprint density at radius 2 is 0.709 bits per heavy atom. The molecule has 454 valence electrons. The van der Waals surface area contributed by atoms with Crippen molar-refractivity contribution < 1.29 is 112 Å². The van der Waals surface area contributed by atoms with E-state index >= 15 is 0 Å². The first-order valence-corrected chi connectivity index (χ1v) is 24.2. The second-order valence-corrected chi connectivity index (χ2v) is 17.3. The van der Waals surface area contributed by atoms with E-state index < -0.39 is 11.9 Å². The molecule has 7 aromatic rings. The van der Waals surface area contributed by atoms with Gasteiger partial charge in [0.15, 0.2) is 0 Å². The molecule has 0 aliphatic rings. The third-order valence-electron chi connectivity index (χ3n) is 11.2. The maximum Gasteiger partial charge on any atom is 1.00 e. The number of aromatic carboxylic acids is 2. The van der Waals surface area contributed by atoms with Crippen LogP contribution in [-0.4, -0.2) is 89.3 Å². The predicted octanol–water partition coefficient (Wildman–Crippen LogP) is 4.15. The summed E-state index contributed by atoms with van der Waals surface area (Å²) in [6, 6.07) is 35.1. The van der Waals surface area contributed by atoms with E-state index in [9.17, 15) is 28.8 Å². The minimum atomic E-state index is -0.947. The van der Waals surface area contributed by atoms with Crippen molar-refractivity contribution in [3.63, 3.8) is 0 Å². The summed E-state index contributed by atoms with van der Waals surface area (Å²) in [5.41, 5.74) is 24.7. The summed E-state index contributed by atoms with van der Waals surface area (Å²) in [6.45, 7) is 21.0. The van der Waals surface area contributed by atoms with Crippen LogP contribution in [0.5, 0.6) is 0 Å². The largest absolute Gasteiger partial charge is 1.00 e. The number of aryl methyl sites for hydroxylation is 9. The maximum atomic E-state index is 11.6. The first kappa shape index (κ1) is 84.9. The van der Waals surface area contributed by atoms with E-state index in [1.807, 2.05) is 123 Å². The number of Topliss-reactive ketones (excluding diaryl/α,β-unsaturated/α-hetero) is 2. The number of nitrogens with one attached hydrogen (secondary N) is 2. The average molecular weight is 1200 g/mol. The molecule has 0 atom stereocenters. The van der Waals surface area contributed by atoms with Crippen molar-refractivity contribution in [2.24, 2.45) is 11.7 Å². The summed E-state index contributed by atoms with van der Waals surface area (Å²) in [7, 11) is 0. The van der Waals surface area contributed by atoms with Crippen LogP contribution in [0, 0.1) is 62.3 Å². The van der Waals surface area contributed by atoms with Crippen LogP contribution in [0.2, 0.25) is 0 Å². The normalized spacial score (nSPS) is 8.71. The number of anilines is 1. The van der Waals surface area contributed by atoms with Gasteiger partial charge in [-0.1, -0.05) is 31.7 Å². The molecular weight excluding hydrogens is 1130 g/mol. The molecular formula is C60H71N8NaO17. The van der Waals surface area contributed by atoms with Gasteiger partial charge in [0.25, 0.3) is 11.8 Å². The SMILES string of the molecule is C.CC(=O)CCC(C)=O.Cc1ccc(C(=O)NN)cc1-n1c(C)ccc1C.Cc1ccc(C(=O)O)cc1-n1c(C)ccc1C.Cc1ccc(C(=O)O)cc1N.Cc1ccc(C)n1-c1cccc(C(=O)NN)c1.O=C=O.O=C=O.O=C=O.O=C=O.[Na+].[OH-]. The number of amides is 2. The summed E-state index contributed by atoms with van der Waals surface area (Å²) in [4.78, 5) is 130. The summed E-state index contributed by atoms with van der Waals surface area (Å²) < 4.78 is 6.29. The fourth-order valence-electron chi connectivity index (χ4n) is 7.23. The van der Waals surface area contributed by atoms with E-state index in [1.54, 1.807) is 30.3 Å². The summed E-state index contributed by atoms with van der Waals surface area (Å²) >= 11 is 0. The summed E-state index contributed by atoms with van der Waals surface area (Å²) in [5, 5.41) is 17.6. The Balaban J connectivity index is -0.000000306. The van der Waals surface area contributed by atoms with Crippen LogP contribution in [0.4, 0.5) is 5.69 Å². The second kappa shape index (κ2) is 45.6. The monoisotopic (exact) mass is 1200 g/mol. The van der Waals surface area contributed by atoms with Crippen LogP contribution in [0.15, 0.2) is 115 Å². The van der Waals surface area contributed by atoms with Gasteiger partial charge in [-0.05, 0) is 184 Å². The molecule has 3 heterocycles. The zero-order valence-electron chi connectivity index (χ0n) is 49.0. The molecule has 26 heteroatoms. The zero-order chi connectivity index (χ0) is 64.1. The second-order valence-electron chi connectivity index (χ2n) is 17.3. The number of carbonyl (C=O) groups is 6. The molecule has 11 N–H and O–H groups in total. The van der Waals surface area contributed by atoms with Gasteiger partial charge >= 0.3 is 66.1 Å². The van der Waals surface area contributed by atoms with Crippen LogP contribution >= 0.6 is 0 Å². The van der Waals surface area contributed by atoms with Gasteiger partial charge in [-0.25, -0.2) is 21.3 Å². The number of hydrogen-bond donors (Lipinski definition) is 7. The van der Waals surface area contributed by atoms with Crippen LogP contribution in [0.25, 0.3) is 17.1 Å². The van der Waals surface area contributed by atoms with E-state index in [0.717, 1.165) is 67.9 Å². The van der Waals surface area contributed by atoms with E-state index in [2.05, 4.69) is 36.7 Å². The smallest absolute Gasteiger partial charge is 0.870 e. The van der Waals surface area contributed by atoms with Crippen molar-refractivity contribution in [1.82, 2.24) is 24.6 Å². The minimum Gasteiger partial charge on any atom is -0.870 e. The van der Waals surface area contributed by atoms with Gasteiger partial charge in [0.2, 0.25) is 0 Å². The quantitative estimate of drug-likeness (QED) is 0.0332. The van der Waals surface area contributed by atoms with Gasteiger partial charge in [0, 0.05) is 80.9 Å². The number of benzene rings is 4. The number of hydrogen-bond acceptors (Lipinski definition) is 18. The Morgan fingerprint density at radius 3 is 1.01 bits per heavy atom. The standard InChI is InChI=1S/C14H17N3O.C14H15NO2.C13H15N3O.C8H9NO2.C6H10O2.4CO2.CH4.Na.H2O/c1-9-4-7-12(14(18)16-15)8-13(9)17-10(2)5-6-11(17)3;1-9-4-7-12(14(16)17)8-13(9)15-10(2)5-6-11(15)3;1-9-6-7-10(2)16(9)12-5-3-4-11(8-12)13(17)15-14;1-5-2-3-6(8(10)11)4-7(5)9;1-5(7)3-4-6(2)8;4*2-1-3;;;/h4-8H,15H2,1-3H3,(H,16,18);4-8H,1-3H3,(H,16,17);3-8H,14H2,1-2H3,(H,15,17);2-4H,9H2,1H3,(H,10,11);3-4H2,1-2H3;;;;;1H4;;1H2/q;;;;;;;;;;+1;/p-1. The Hall–Kier alpha value is -9.86. The van der Waals surface area contributed by atoms with Crippen LogP contribution in [0.3, 0.4) is 0 Å². The molecule has 4 aromatic carbocycles. The minimum absolute atomic E-state index is 0. The van der Waals surface area contributed by atoms with Crippen molar-refractivity contribution in [3.05, 3.63) is 188 Å². The molecule has 0 unspecified atom stereocenters. The number of aromatic nitrogens is 3. The number of ketones is 2. The fourth-order valence-corrected chi connectivity index (χ4v) is 7.23. The van der Waals surface area contributed by atoms with E-state index in [4.69, 9.17) is 66.0 Å². The van der Waals surface area contributed by atoms with Gasteiger partial charge < -0.3 is 44.7 Å². The number of carbonyl (C=O) groups excluding carboxylic acids is 12. The summed E-state index contributed by atoms with van der Waals surface area (Å²) in [5.74, 6) is 8.05. The Morgan fingerprint density at radius 1 is 0.430 bits per heavy atom. The number of hydrazine groups is 2. The molecule has 0 saturated heterocycles. The van der Waals surface area contributed by atoms with Crippen LogP contribution < -0.4 is 57.8 Å². The van der Waals surface area contributed by atoms with Crippen molar-refractivity contribution in [2.75, 3.05) is 5.73 Å². The first-order valence-electron chi connectivity index (χ1n) is 24.2. The molecule has 7 rings (SSSR count). The molecule has 3 aromatic heterocycles. The number of nitrogen functional groups attached to an aromatic ring is 3. The van der Waals surface area contributed by atoms with Gasteiger partial charge in [-0.3, -0.25) is 20.4 Å². The Bertz CT molecular complexity index is 3340. The van der Waals surface area contributed by atoms with Crippen LogP contribution in [-0.2, 0) is 47.9 Å². The molecule has 0 saturated carbocycles. The van der Waals surface area contributed by atoms with E-state index in [-0.39, 0.29) is 96.0 Å². The third-order valence-corrected chi connectivity index (χ3v) is 11.2. The fraction of sp³-hybridized carbons (Fsp3) is 0.233. The number of nitrogens with two attached hydrogens (primary N) is 3. The van der Waals surface area contributed by atoms with Crippen LogP contribution in [0.1, 0.15) is 126 Å². The molecule has 0 fully saturated rings. The molecule has 25 nitrogen and oxygen atoms in total. The number of rotatable bonds is 10. The van der Waals surface area contributed by atoms with Gasteiger partial charge in [0.1, 0.15) is 11.6 Å². The van der Waals surface area contributed by atoms with Gasteiger partial charge in [-0.2, -0.15) is 38.4 Å². The van der Waals surface area contributed by atoms with Gasteiger partial charge in [-0.15, -0.1) is 0 Å². The Kier molecular flexibility index (Phi) is 45.1. The molecule has 2 amide bonds.